The van der Waals surface area contributed by atoms with Crippen LogP contribution < -0.4 is 14.8 Å². The van der Waals surface area contributed by atoms with Crippen LogP contribution in [-0.2, 0) is 19.6 Å². The summed E-state index contributed by atoms with van der Waals surface area (Å²) in [5.74, 6) is -0.748. The van der Waals surface area contributed by atoms with E-state index in [2.05, 4.69) is 10.0 Å². The second-order valence-electron chi connectivity index (χ2n) is 5.70. The van der Waals surface area contributed by atoms with Gasteiger partial charge in [-0.1, -0.05) is 12.1 Å². The Morgan fingerprint density at radius 1 is 1.07 bits per heavy atom. The van der Waals surface area contributed by atoms with Gasteiger partial charge in [0.15, 0.2) is 6.10 Å². The molecular weight excluding hydrogens is 384 g/mol. The Labute approximate surface area is 163 Å². The van der Waals surface area contributed by atoms with Gasteiger partial charge in [0.2, 0.25) is 10.0 Å². The summed E-state index contributed by atoms with van der Waals surface area (Å²) >= 11 is 0. The first-order chi connectivity index (χ1) is 13.3. The monoisotopic (exact) mass is 406 g/mol. The van der Waals surface area contributed by atoms with Crippen LogP contribution in [0.1, 0.15) is 24.2 Å². The number of nitrogens with one attached hydrogen (secondary N) is 2. The highest BCUT2D eigenvalue weighted by Gasteiger charge is 2.21. The van der Waals surface area contributed by atoms with Gasteiger partial charge in [0.05, 0.1) is 22.8 Å². The molecular formula is C19H22N2O6S. The van der Waals surface area contributed by atoms with Crippen molar-refractivity contribution in [2.45, 2.75) is 24.8 Å². The maximum atomic E-state index is 12.3. The molecule has 1 atom stereocenters. The molecule has 8 nitrogen and oxygen atoms in total. The fraction of sp³-hybridized carbons (Fsp3) is 0.263. The first-order valence-corrected chi connectivity index (χ1v) is 10.0. The molecule has 1 unspecified atom stereocenters. The van der Waals surface area contributed by atoms with Gasteiger partial charge in [-0.25, -0.2) is 17.9 Å². The Balaban J connectivity index is 2.03. The van der Waals surface area contributed by atoms with Crippen LogP contribution in [-0.4, -0.2) is 40.1 Å². The van der Waals surface area contributed by atoms with Crippen molar-refractivity contribution in [3.63, 3.8) is 0 Å². The third-order valence-corrected chi connectivity index (χ3v) is 5.20. The Bertz CT molecular complexity index is 941. The van der Waals surface area contributed by atoms with E-state index in [0.717, 1.165) is 0 Å². The highest BCUT2D eigenvalue weighted by atomic mass is 32.2. The Morgan fingerprint density at radius 3 is 2.32 bits per heavy atom. The zero-order valence-electron chi connectivity index (χ0n) is 15.8. The van der Waals surface area contributed by atoms with Crippen molar-refractivity contribution >= 4 is 27.6 Å². The first kappa shape index (κ1) is 21.4. The molecule has 9 heteroatoms. The van der Waals surface area contributed by atoms with Crippen LogP contribution in [0.25, 0.3) is 0 Å². The van der Waals surface area contributed by atoms with Crippen molar-refractivity contribution < 1.29 is 27.5 Å². The molecule has 0 aliphatic rings. The van der Waals surface area contributed by atoms with Gasteiger partial charge in [-0.05, 0) is 57.3 Å². The highest BCUT2D eigenvalue weighted by Crippen LogP contribution is 2.24. The lowest BCUT2D eigenvalue weighted by Crippen LogP contribution is -2.30. The number of anilines is 1. The lowest BCUT2D eigenvalue weighted by molar-refractivity contribution is -0.123. The average Bonchev–Trinajstić information content (AvgIpc) is 2.69. The summed E-state index contributed by atoms with van der Waals surface area (Å²) in [6.45, 7) is 3.71. The van der Waals surface area contributed by atoms with Crippen molar-refractivity contribution in [1.29, 1.82) is 0 Å². The van der Waals surface area contributed by atoms with E-state index in [1.54, 1.807) is 24.3 Å². The minimum absolute atomic E-state index is 0.0184. The maximum Gasteiger partial charge on any atom is 0.338 e. The number of para-hydroxylation sites is 2. The third-order valence-electron chi connectivity index (χ3n) is 3.77. The van der Waals surface area contributed by atoms with Crippen molar-refractivity contribution in [1.82, 2.24) is 4.72 Å². The average molecular weight is 406 g/mol. The molecule has 0 saturated heterocycles. The molecule has 0 heterocycles. The van der Waals surface area contributed by atoms with E-state index in [1.165, 1.54) is 38.2 Å². The molecule has 2 rings (SSSR count). The summed E-state index contributed by atoms with van der Waals surface area (Å²) in [7, 11) is -2.31. The second-order valence-corrected chi connectivity index (χ2v) is 7.58. The molecule has 0 bridgehead atoms. The zero-order chi connectivity index (χ0) is 20.7. The molecule has 28 heavy (non-hydrogen) atoms. The van der Waals surface area contributed by atoms with Gasteiger partial charge in [-0.3, -0.25) is 4.79 Å². The van der Waals surface area contributed by atoms with Crippen LogP contribution in [0.5, 0.6) is 5.75 Å². The van der Waals surface area contributed by atoms with Crippen LogP contribution in [0.2, 0.25) is 0 Å². The van der Waals surface area contributed by atoms with Gasteiger partial charge < -0.3 is 14.8 Å². The van der Waals surface area contributed by atoms with Gasteiger partial charge in [0.25, 0.3) is 5.91 Å². The topological polar surface area (TPSA) is 111 Å². The molecule has 0 spiro atoms. The number of sulfonamides is 1. The van der Waals surface area contributed by atoms with Gasteiger partial charge in [0.1, 0.15) is 5.75 Å². The quantitative estimate of drug-likeness (QED) is 0.650. The summed E-state index contributed by atoms with van der Waals surface area (Å²) in [5, 5.41) is 2.66. The third kappa shape index (κ3) is 5.30. The number of benzene rings is 2. The van der Waals surface area contributed by atoms with Crippen LogP contribution in [0.3, 0.4) is 0 Å². The maximum absolute atomic E-state index is 12.3. The predicted molar refractivity (Wildman–Crippen MR) is 104 cm³/mol. The smallest absolute Gasteiger partial charge is 0.338 e. The minimum atomic E-state index is -3.60. The lowest BCUT2D eigenvalue weighted by Gasteiger charge is -2.15. The van der Waals surface area contributed by atoms with E-state index in [4.69, 9.17) is 9.47 Å². The number of ether oxygens (including phenoxy) is 2. The van der Waals surface area contributed by atoms with Crippen molar-refractivity contribution in [3.8, 4) is 5.75 Å². The predicted octanol–water partition coefficient (Wildman–Crippen LogP) is 2.18. The molecule has 2 aromatic carbocycles. The number of esters is 1. The van der Waals surface area contributed by atoms with Crippen LogP contribution in [0.4, 0.5) is 5.69 Å². The van der Waals surface area contributed by atoms with Crippen molar-refractivity contribution in [2.75, 3.05) is 19.0 Å². The van der Waals surface area contributed by atoms with Gasteiger partial charge >= 0.3 is 5.97 Å². The fourth-order valence-electron chi connectivity index (χ4n) is 2.26. The number of rotatable bonds is 8. The Hall–Kier alpha value is -2.91. The SMILES string of the molecule is CCOc1ccccc1NC(=O)C(C)OC(=O)c1ccc(S(=O)(=O)NC)cc1. The normalized spacial score (nSPS) is 12.1. The van der Waals surface area contributed by atoms with Gasteiger partial charge in [-0.15, -0.1) is 0 Å². The van der Waals surface area contributed by atoms with Crippen LogP contribution in [0, 0.1) is 0 Å². The van der Waals surface area contributed by atoms with E-state index in [9.17, 15) is 18.0 Å². The number of carbonyl (C=O) groups excluding carboxylic acids is 2. The standard InChI is InChI=1S/C19H22N2O6S/c1-4-26-17-8-6-5-7-16(17)21-18(22)13(2)27-19(23)14-9-11-15(12-10-14)28(24,25)20-3/h5-13,20H,4H2,1-3H3,(H,21,22). The lowest BCUT2D eigenvalue weighted by atomic mass is 10.2. The number of hydrogen-bond donors (Lipinski definition) is 2. The molecule has 150 valence electrons. The largest absolute Gasteiger partial charge is 0.492 e. The molecule has 0 radical (unpaired) electrons. The zero-order valence-corrected chi connectivity index (χ0v) is 16.6. The van der Waals surface area contributed by atoms with Crippen molar-refractivity contribution in [3.05, 3.63) is 54.1 Å². The van der Waals surface area contributed by atoms with E-state index in [0.29, 0.717) is 18.0 Å². The summed E-state index contributed by atoms with van der Waals surface area (Å²) in [6, 6.07) is 12.1. The Kier molecular flexibility index (Phi) is 7.13. The van der Waals surface area contributed by atoms with E-state index in [-0.39, 0.29) is 10.5 Å². The first-order valence-electron chi connectivity index (χ1n) is 8.55. The molecule has 0 aliphatic carbocycles. The van der Waals surface area contributed by atoms with Gasteiger partial charge in [-0.2, -0.15) is 0 Å². The number of carbonyl (C=O) groups is 2. The molecule has 0 fully saturated rings. The van der Waals surface area contributed by atoms with Crippen molar-refractivity contribution in [2.24, 2.45) is 0 Å². The molecule has 0 aromatic heterocycles. The molecule has 2 N–H and O–H groups in total. The molecule has 0 aliphatic heterocycles. The summed E-state index contributed by atoms with van der Waals surface area (Å²) in [5.41, 5.74) is 0.600. The van der Waals surface area contributed by atoms with Gasteiger partial charge in [0, 0.05) is 0 Å². The molecule has 2 aromatic rings. The van der Waals surface area contributed by atoms with E-state index >= 15 is 0 Å². The fourth-order valence-corrected chi connectivity index (χ4v) is 2.99. The Morgan fingerprint density at radius 2 is 1.71 bits per heavy atom. The molecule has 1 amide bonds. The minimum Gasteiger partial charge on any atom is -0.492 e. The molecule has 0 saturated carbocycles. The number of amides is 1. The van der Waals surface area contributed by atoms with Crippen LogP contribution >= 0.6 is 0 Å². The second kappa shape index (κ2) is 9.34. The van der Waals surface area contributed by atoms with E-state index < -0.39 is 28.0 Å². The van der Waals surface area contributed by atoms with Crippen LogP contribution in [0.15, 0.2) is 53.4 Å². The number of hydrogen-bond acceptors (Lipinski definition) is 6. The summed E-state index contributed by atoms with van der Waals surface area (Å²) in [4.78, 5) is 24.6. The van der Waals surface area contributed by atoms with E-state index in [1.807, 2.05) is 6.92 Å². The summed E-state index contributed by atoms with van der Waals surface area (Å²) < 4.78 is 36.2. The highest BCUT2D eigenvalue weighted by molar-refractivity contribution is 7.89. The summed E-state index contributed by atoms with van der Waals surface area (Å²) in [6.07, 6.45) is -1.07.